The topological polar surface area (TPSA) is 24.9 Å². The van der Waals surface area contributed by atoms with Gasteiger partial charge in [0.25, 0.3) is 0 Å². The van der Waals surface area contributed by atoms with Gasteiger partial charge in [-0.15, -0.1) is 0 Å². The Kier molecular flexibility index (Phi) is 4.76. The first-order valence-corrected chi connectivity index (χ1v) is 7.36. The van der Waals surface area contributed by atoms with Gasteiger partial charge in [-0.25, -0.2) is 0 Å². The average Bonchev–Trinajstić information content (AvgIpc) is 2.42. The van der Waals surface area contributed by atoms with E-state index in [1.807, 2.05) is 6.92 Å². The van der Waals surface area contributed by atoms with Gasteiger partial charge in [-0.3, -0.25) is 4.98 Å². The number of nitrogens with one attached hydrogen (secondary N) is 1. The normalized spacial score (nSPS) is 25.9. The summed E-state index contributed by atoms with van der Waals surface area (Å²) < 4.78 is 0. The number of rotatable bonds is 4. The molecular weight excluding hydrogens is 220 g/mol. The van der Waals surface area contributed by atoms with Gasteiger partial charge < -0.3 is 5.32 Å². The van der Waals surface area contributed by atoms with E-state index < -0.39 is 0 Å². The van der Waals surface area contributed by atoms with Crippen LogP contribution in [0.4, 0.5) is 0 Å². The van der Waals surface area contributed by atoms with Crippen LogP contribution in [0.2, 0.25) is 0 Å². The molecule has 0 aromatic carbocycles. The largest absolute Gasteiger partial charge is 0.313 e. The van der Waals surface area contributed by atoms with Gasteiger partial charge in [0, 0.05) is 17.9 Å². The van der Waals surface area contributed by atoms with Crippen LogP contribution in [0.15, 0.2) is 18.3 Å². The molecule has 1 aromatic rings. The first-order chi connectivity index (χ1) is 8.76. The maximum absolute atomic E-state index is 4.45. The Labute approximate surface area is 111 Å². The molecule has 0 amide bonds. The zero-order valence-corrected chi connectivity index (χ0v) is 11.9. The highest BCUT2D eigenvalue weighted by Gasteiger charge is 2.30. The summed E-state index contributed by atoms with van der Waals surface area (Å²) in [7, 11) is 2.09. The van der Waals surface area contributed by atoms with E-state index in [-0.39, 0.29) is 0 Å². The Morgan fingerprint density at radius 3 is 2.72 bits per heavy atom. The molecule has 3 unspecified atom stereocenters. The summed E-state index contributed by atoms with van der Waals surface area (Å²) in [6.07, 6.45) is 8.92. The van der Waals surface area contributed by atoms with Crippen LogP contribution < -0.4 is 5.32 Å². The Bertz CT molecular complexity index is 358. The molecular formula is C16H26N2. The van der Waals surface area contributed by atoms with Gasteiger partial charge in [0.1, 0.15) is 0 Å². The Hall–Kier alpha value is -0.890. The minimum atomic E-state index is 0.475. The molecule has 1 N–H and O–H groups in total. The predicted molar refractivity (Wildman–Crippen MR) is 76.5 cm³/mol. The van der Waals surface area contributed by atoms with Gasteiger partial charge >= 0.3 is 0 Å². The van der Waals surface area contributed by atoms with E-state index in [4.69, 9.17) is 0 Å². The van der Waals surface area contributed by atoms with E-state index in [0.717, 1.165) is 17.5 Å². The molecule has 2 rings (SSSR count). The van der Waals surface area contributed by atoms with Crippen LogP contribution in [0.5, 0.6) is 0 Å². The quantitative estimate of drug-likeness (QED) is 0.872. The van der Waals surface area contributed by atoms with E-state index in [1.165, 1.54) is 37.7 Å². The van der Waals surface area contributed by atoms with Crippen molar-refractivity contribution in [1.82, 2.24) is 10.3 Å². The fourth-order valence-corrected chi connectivity index (χ4v) is 3.47. The van der Waals surface area contributed by atoms with Crippen molar-refractivity contribution >= 4 is 0 Å². The lowest BCUT2D eigenvalue weighted by Crippen LogP contribution is -2.32. The number of aryl methyl sites for hydroxylation is 1. The molecule has 18 heavy (non-hydrogen) atoms. The smallest absolute Gasteiger partial charge is 0.0372 e. The van der Waals surface area contributed by atoms with Crippen LogP contribution in [0, 0.1) is 18.8 Å². The van der Waals surface area contributed by atoms with Crippen molar-refractivity contribution in [3.63, 3.8) is 0 Å². The van der Waals surface area contributed by atoms with Gasteiger partial charge in [0.15, 0.2) is 0 Å². The lowest BCUT2D eigenvalue weighted by molar-refractivity contribution is 0.180. The molecule has 1 aromatic heterocycles. The van der Waals surface area contributed by atoms with Crippen LogP contribution in [0.1, 0.15) is 56.3 Å². The molecule has 3 atom stereocenters. The zero-order chi connectivity index (χ0) is 13.0. The molecule has 1 heterocycles. The average molecular weight is 246 g/mol. The third kappa shape index (κ3) is 2.92. The highest BCUT2D eigenvalue weighted by molar-refractivity contribution is 5.18. The van der Waals surface area contributed by atoms with Crippen molar-refractivity contribution in [3.05, 3.63) is 29.6 Å². The summed E-state index contributed by atoms with van der Waals surface area (Å²) in [6.45, 7) is 4.39. The molecule has 0 saturated heterocycles. The highest BCUT2D eigenvalue weighted by atomic mass is 14.9. The SMILES string of the molecule is CCC1CCCCC1C(NC)c1ccc(C)nc1. The lowest BCUT2D eigenvalue weighted by Gasteiger charge is -2.37. The van der Waals surface area contributed by atoms with Crippen molar-refractivity contribution in [2.75, 3.05) is 7.05 Å². The molecule has 0 spiro atoms. The van der Waals surface area contributed by atoms with Gasteiger partial charge in [0.2, 0.25) is 0 Å². The number of aromatic nitrogens is 1. The van der Waals surface area contributed by atoms with Gasteiger partial charge in [0.05, 0.1) is 0 Å². The van der Waals surface area contributed by atoms with Crippen molar-refractivity contribution in [2.24, 2.45) is 11.8 Å². The lowest BCUT2D eigenvalue weighted by atomic mass is 9.72. The van der Waals surface area contributed by atoms with Crippen LogP contribution >= 0.6 is 0 Å². The molecule has 100 valence electrons. The van der Waals surface area contributed by atoms with Gasteiger partial charge in [-0.1, -0.05) is 38.7 Å². The van der Waals surface area contributed by atoms with E-state index in [1.54, 1.807) is 0 Å². The van der Waals surface area contributed by atoms with Crippen molar-refractivity contribution in [2.45, 2.75) is 52.0 Å². The first kappa shape index (κ1) is 13.5. The first-order valence-electron chi connectivity index (χ1n) is 7.36. The van der Waals surface area contributed by atoms with Crippen molar-refractivity contribution < 1.29 is 0 Å². The van der Waals surface area contributed by atoms with E-state index in [0.29, 0.717) is 6.04 Å². The number of nitrogens with zero attached hydrogens (tertiary/aromatic N) is 1. The van der Waals surface area contributed by atoms with Crippen LogP contribution in [0.25, 0.3) is 0 Å². The summed E-state index contributed by atoms with van der Waals surface area (Å²) in [5.41, 5.74) is 2.46. The standard InChI is InChI=1S/C16H26N2/c1-4-13-7-5-6-8-15(13)16(17-3)14-10-9-12(2)18-11-14/h9-11,13,15-17H,4-8H2,1-3H3. The summed E-state index contributed by atoms with van der Waals surface area (Å²) in [4.78, 5) is 4.45. The second kappa shape index (κ2) is 6.33. The van der Waals surface area contributed by atoms with E-state index in [2.05, 4.69) is 42.6 Å². The van der Waals surface area contributed by atoms with Crippen LogP contribution in [-0.4, -0.2) is 12.0 Å². The molecule has 1 saturated carbocycles. The van der Waals surface area contributed by atoms with Crippen molar-refractivity contribution in [1.29, 1.82) is 0 Å². The summed E-state index contributed by atoms with van der Waals surface area (Å²) in [5, 5.41) is 3.53. The number of hydrogen-bond donors (Lipinski definition) is 1. The third-order valence-corrected chi connectivity index (χ3v) is 4.52. The van der Waals surface area contributed by atoms with Gasteiger partial charge in [-0.2, -0.15) is 0 Å². The molecule has 2 heteroatoms. The summed E-state index contributed by atoms with van der Waals surface area (Å²) in [6, 6.07) is 4.84. The second-order valence-electron chi connectivity index (χ2n) is 5.62. The van der Waals surface area contributed by atoms with E-state index >= 15 is 0 Å². The molecule has 0 radical (unpaired) electrons. The minimum Gasteiger partial charge on any atom is -0.313 e. The molecule has 1 fully saturated rings. The predicted octanol–water partition coefficient (Wildman–Crippen LogP) is 3.87. The van der Waals surface area contributed by atoms with Crippen molar-refractivity contribution in [3.8, 4) is 0 Å². The summed E-state index contributed by atoms with van der Waals surface area (Å²) >= 11 is 0. The summed E-state index contributed by atoms with van der Waals surface area (Å²) in [5.74, 6) is 1.65. The van der Waals surface area contributed by atoms with Gasteiger partial charge in [-0.05, 0) is 43.9 Å². The van der Waals surface area contributed by atoms with E-state index in [9.17, 15) is 0 Å². The molecule has 1 aliphatic carbocycles. The zero-order valence-electron chi connectivity index (χ0n) is 11.9. The molecule has 2 nitrogen and oxygen atoms in total. The monoisotopic (exact) mass is 246 g/mol. The molecule has 1 aliphatic rings. The molecule has 0 aliphatic heterocycles. The maximum atomic E-state index is 4.45. The van der Waals surface area contributed by atoms with Crippen LogP contribution in [-0.2, 0) is 0 Å². The second-order valence-corrected chi connectivity index (χ2v) is 5.62. The Morgan fingerprint density at radius 2 is 2.11 bits per heavy atom. The Balaban J connectivity index is 2.18. The minimum absolute atomic E-state index is 0.475. The highest BCUT2D eigenvalue weighted by Crippen LogP contribution is 2.39. The van der Waals surface area contributed by atoms with Crippen LogP contribution in [0.3, 0.4) is 0 Å². The Morgan fingerprint density at radius 1 is 1.33 bits per heavy atom. The number of pyridine rings is 1. The fraction of sp³-hybridized carbons (Fsp3) is 0.688. The number of hydrogen-bond acceptors (Lipinski definition) is 2. The molecule has 0 bridgehead atoms. The fourth-order valence-electron chi connectivity index (χ4n) is 3.47. The third-order valence-electron chi connectivity index (χ3n) is 4.52. The maximum Gasteiger partial charge on any atom is 0.0372 e.